The predicted molar refractivity (Wildman–Crippen MR) is 67.1 cm³/mol. The van der Waals surface area contributed by atoms with Crippen LogP contribution in [0.25, 0.3) is 0 Å². The third-order valence-electron chi connectivity index (χ3n) is 2.59. The molecule has 0 aliphatic rings. The zero-order chi connectivity index (χ0) is 15.7. The van der Waals surface area contributed by atoms with Crippen molar-refractivity contribution in [1.29, 1.82) is 0 Å². The van der Waals surface area contributed by atoms with Crippen LogP contribution in [0.3, 0.4) is 0 Å². The van der Waals surface area contributed by atoms with Crippen molar-refractivity contribution >= 4 is 21.9 Å². The van der Waals surface area contributed by atoms with Gasteiger partial charge in [-0.3, -0.25) is 4.79 Å². The third kappa shape index (κ3) is 3.31. The summed E-state index contributed by atoms with van der Waals surface area (Å²) >= 11 is 0. The standard InChI is InChI=1S/C11H13FN2O5S/c1-5-8(12)3-7(11(16)17)4-9(5)20(18,19)14-6(2)10(13)15/h3-4,6,14H,1-2H3,(H2,13,15)(H,16,17). The van der Waals surface area contributed by atoms with E-state index in [-0.39, 0.29) is 5.56 Å². The maximum absolute atomic E-state index is 13.6. The van der Waals surface area contributed by atoms with Gasteiger partial charge in [0.1, 0.15) is 5.82 Å². The Bertz CT molecular complexity index is 672. The van der Waals surface area contributed by atoms with Crippen LogP contribution in [0, 0.1) is 12.7 Å². The maximum atomic E-state index is 13.6. The van der Waals surface area contributed by atoms with E-state index in [4.69, 9.17) is 10.8 Å². The molecule has 0 bridgehead atoms. The maximum Gasteiger partial charge on any atom is 0.335 e. The Morgan fingerprint density at radius 2 is 1.95 bits per heavy atom. The molecular formula is C11H13FN2O5S. The van der Waals surface area contributed by atoms with E-state index >= 15 is 0 Å². The first-order chi connectivity index (χ1) is 9.06. The molecule has 0 heterocycles. The number of benzene rings is 1. The van der Waals surface area contributed by atoms with Crippen LogP contribution in [0.4, 0.5) is 4.39 Å². The van der Waals surface area contributed by atoms with Crippen molar-refractivity contribution in [2.75, 3.05) is 0 Å². The molecule has 4 N–H and O–H groups in total. The van der Waals surface area contributed by atoms with Crippen molar-refractivity contribution in [3.05, 3.63) is 29.1 Å². The number of carbonyl (C=O) groups is 2. The first-order valence-electron chi connectivity index (χ1n) is 5.41. The van der Waals surface area contributed by atoms with Gasteiger partial charge in [-0.2, -0.15) is 4.72 Å². The van der Waals surface area contributed by atoms with Crippen molar-refractivity contribution in [2.24, 2.45) is 5.73 Å². The van der Waals surface area contributed by atoms with Crippen molar-refractivity contribution in [3.8, 4) is 0 Å². The Labute approximate surface area is 114 Å². The van der Waals surface area contributed by atoms with Gasteiger partial charge in [-0.05, 0) is 26.0 Å². The number of rotatable bonds is 5. The molecule has 0 radical (unpaired) electrons. The molecule has 1 aromatic rings. The van der Waals surface area contributed by atoms with E-state index in [0.717, 1.165) is 6.07 Å². The lowest BCUT2D eigenvalue weighted by Crippen LogP contribution is -2.42. The quantitative estimate of drug-likeness (QED) is 0.705. The Kier molecular flexibility index (Phi) is 4.46. The number of sulfonamides is 1. The normalized spacial score (nSPS) is 12.9. The largest absolute Gasteiger partial charge is 0.478 e. The lowest BCUT2D eigenvalue weighted by Gasteiger charge is -2.13. The number of aromatic carboxylic acids is 1. The van der Waals surface area contributed by atoms with Crippen LogP contribution in [0.1, 0.15) is 22.8 Å². The lowest BCUT2D eigenvalue weighted by atomic mass is 10.1. The lowest BCUT2D eigenvalue weighted by molar-refractivity contribution is -0.119. The monoisotopic (exact) mass is 304 g/mol. The molecule has 9 heteroatoms. The summed E-state index contributed by atoms with van der Waals surface area (Å²) in [6, 6.07) is 0.321. The molecule has 20 heavy (non-hydrogen) atoms. The predicted octanol–water partition coefficient (Wildman–Crippen LogP) is -0.0156. The topological polar surface area (TPSA) is 127 Å². The van der Waals surface area contributed by atoms with Gasteiger partial charge in [-0.1, -0.05) is 0 Å². The minimum absolute atomic E-state index is 0.251. The summed E-state index contributed by atoms with van der Waals surface area (Å²) in [5, 5.41) is 8.80. The number of hydrogen-bond donors (Lipinski definition) is 3. The zero-order valence-corrected chi connectivity index (χ0v) is 11.5. The fourth-order valence-corrected chi connectivity index (χ4v) is 2.90. The van der Waals surface area contributed by atoms with Crippen LogP contribution in [-0.4, -0.2) is 31.4 Å². The summed E-state index contributed by atoms with van der Waals surface area (Å²) in [4.78, 5) is 21.1. The minimum atomic E-state index is -4.27. The van der Waals surface area contributed by atoms with Crippen LogP contribution in [0.15, 0.2) is 17.0 Å². The van der Waals surface area contributed by atoms with E-state index in [1.165, 1.54) is 13.8 Å². The number of carbonyl (C=O) groups excluding carboxylic acids is 1. The second-order valence-corrected chi connectivity index (χ2v) is 5.81. The van der Waals surface area contributed by atoms with Crippen LogP contribution >= 0.6 is 0 Å². The molecule has 1 amide bonds. The first-order valence-corrected chi connectivity index (χ1v) is 6.89. The zero-order valence-electron chi connectivity index (χ0n) is 10.7. The second-order valence-electron chi connectivity index (χ2n) is 4.13. The van der Waals surface area contributed by atoms with E-state index < -0.39 is 44.2 Å². The van der Waals surface area contributed by atoms with Gasteiger partial charge in [0.05, 0.1) is 16.5 Å². The summed E-state index contributed by atoms with van der Waals surface area (Å²) in [5.41, 5.74) is 4.17. The van der Waals surface area contributed by atoms with Gasteiger partial charge in [0.15, 0.2) is 0 Å². The van der Waals surface area contributed by atoms with Crippen molar-refractivity contribution in [1.82, 2.24) is 4.72 Å². The molecule has 1 unspecified atom stereocenters. The molecule has 7 nitrogen and oxygen atoms in total. The Balaban J connectivity index is 3.38. The van der Waals surface area contributed by atoms with Gasteiger partial charge in [0.25, 0.3) is 0 Å². The number of carboxylic acids is 1. The van der Waals surface area contributed by atoms with Gasteiger partial charge in [0, 0.05) is 5.56 Å². The van der Waals surface area contributed by atoms with E-state index in [1.807, 2.05) is 4.72 Å². The number of halogens is 1. The summed E-state index contributed by atoms with van der Waals surface area (Å²) in [6.45, 7) is 2.40. The molecule has 0 saturated heterocycles. The van der Waals surface area contributed by atoms with E-state index in [1.54, 1.807) is 0 Å². The van der Waals surface area contributed by atoms with Crippen LogP contribution in [0.5, 0.6) is 0 Å². The van der Waals surface area contributed by atoms with Gasteiger partial charge in [-0.15, -0.1) is 0 Å². The second kappa shape index (κ2) is 5.55. The van der Waals surface area contributed by atoms with Gasteiger partial charge in [0.2, 0.25) is 15.9 Å². The van der Waals surface area contributed by atoms with Gasteiger partial charge >= 0.3 is 5.97 Å². The van der Waals surface area contributed by atoms with Crippen LogP contribution in [0.2, 0.25) is 0 Å². The molecule has 0 spiro atoms. The van der Waals surface area contributed by atoms with E-state index in [0.29, 0.717) is 6.07 Å². The average molecular weight is 304 g/mol. The first kappa shape index (κ1) is 16.1. The third-order valence-corrected chi connectivity index (χ3v) is 4.26. The highest BCUT2D eigenvalue weighted by atomic mass is 32.2. The summed E-state index contributed by atoms with van der Waals surface area (Å²) in [7, 11) is -4.27. The van der Waals surface area contributed by atoms with Gasteiger partial charge in [-0.25, -0.2) is 17.6 Å². The van der Waals surface area contributed by atoms with Crippen molar-refractivity contribution in [3.63, 3.8) is 0 Å². The minimum Gasteiger partial charge on any atom is -0.478 e. The summed E-state index contributed by atoms with van der Waals surface area (Å²) < 4.78 is 39.6. The average Bonchev–Trinajstić information content (AvgIpc) is 2.31. The molecule has 1 rings (SSSR count). The summed E-state index contributed by atoms with van der Waals surface area (Å²) in [6.07, 6.45) is 0. The van der Waals surface area contributed by atoms with Crippen molar-refractivity contribution in [2.45, 2.75) is 24.8 Å². The number of amides is 1. The van der Waals surface area contributed by atoms with E-state index in [2.05, 4.69) is 0 Å². The van der Waals surface area contributed by atoms with Crippen LogP contribution < -0.4 is 10.5 Å². The smallest absolute Gasteiger partial charge is 0.335 e. The molecule has 1 atom stereocenters. The van der Waals surface area contributed by atoms with Gasteiger partial charge < -0.3 is 10.8 Å². The molecule has 1 aromatic carbocycles. The number of nitrogens with one attached hydrogen (secondary N) is 1. The molecule has 0 fully saturated rings. The molecular weight excluding hydrogens is 291 g/mol. The Morgan fingerprint density at radius 1 is 1.40 bits per heavy atom. The fourth-order valence-electron chi connectivity index (χ4n) is 1.41. The number of hydrogen-bond acceptors (Lipinski definition) is 4. The fraction of sp³-hybridized carbons (Fsp3) is 0.273. The summed E-state index contributed by atoms with van der Waals surface area (Å²) in [5.74, 6) is -3.36. The Morgan fingerprint density at radius 3 is 2.40 bits per heavy atom. The van der Waals surface area contributed by atoms with Crippen molar-refractivity contribution < 1.29 is 27.5 Å². The highest BCUT2D eigenvalue weighted by Crippen LogP contribution is 2.21. The highest BCUT2D eigenvalue weighted by molar-refractivity contribution is 7.89. The molecule has 0 aromatic heterocycles. The van der Waals surface area contributed by atoms with E-state index in [9.17, 15) is 22.4 Å². The molecule has 110 valence electrons. The Hall–Kier alpha value is -2.00. The highest BCUT2D eigenvalue weighted by Gasteiger charge is 2.25. The molecule has 0 saturated carbocycles. The SMILES string of the molecule is Cc1c(F)cc(C(=O)O)cc1S(=O)(=O)NC(C)C(N)=O. The number of primary amides is 1. The van der Waals surface area contributed by atoms with Crippen LogP contribution in [-0.2, 0) is 14.8 Å². The molecule has 0 aliphatic heterocycles. The number of carboxylic acid groups (broad SMARTS) is 1. The molecule has 0 aliphatic carbocycles. The number of nitrogens with two attached hydrogens (primary N) is 1.